The highest BCUT2D eigenvalue weighted by Crippen LogP contribution is 2.36. The molecule has 0 spiro atoms. The molecule has 0 bridgehead atoms. The molecule has 0 aromatic heterocycles. The van der Waals surface area contributed by atoms with Gasteiger partial charge in [-0.15, -0.1) is 11.3 Å². The van der Waals surface area contributed by atoms with Gasteiger partial charge in [0.05, 0.1) is 20.8 Å². The molecule has 2 heterocycles. The molecule has 4 heteroatoms. The Morgan fingerprint density at radius 1 is 1.00 bits per heavy atom. The van der Waals surface area contributed by atoms with Crippen LogP contribution in [0.1, 0.15) is 37.8 Å². The summed E-state index contributed by atoms with van der Waals surface area (Å²) in [7, 11) is 4.22. The van der Waals surface area contributed by atoms with Crippen LogP contribution in [-0.2, 0) is 12.8 Å². The minimum Gasteiger partial charge on any atom is -0.371 e. The third-order valence-corrected chi connectivity index (χ3v) is 6.53. The van der Waals surface area contributed by atoms with Gasteiger partial charge in [0, 0.05) is 30.9 Å². The largest absolute Gasteiger partial charge is 0.371 e. The fourth-order valence-electron chi connectivity index (χ4n) is 3.89. The lowest BCUT2D eigenvalue weighted by atomic mass is 10.1. The molecule has 0 saturated carbocycles. The monoisotopic (exact) mass is 366 g/mol. The van der Waals surface area contributed by atoms with E-state index in [0.717, 1.165) is 12.8 Å². The molecule has 1 fully saturated rings. The van der Waals surface area contributed by atoms with E-state index in [1.807, 2.05) is 11.3 Å². The first kappa shape index (κ1) is 17.5. The van der Waals surface area contributed by atoms with Gasteiger partial charge < -0.3 is 4.90 Å². The summed E-state index contributed by atoms with van der Waals surface area (Å²) in [5, 5.41) is 1.26. The molecular weight excluding hydrogens is 338 g/mol. The Bertz CT molecular complexity index is 992. The number of aryl methyl sites for hydroxylation is 2. The van der Waals surface area contributed by atoms with Crippen molar-refractivity contribution in [2.45, 2.75) is 39.5 Å². The van der Waals surface area contributed by atoms with E-state index in [2.05, 4.69) is 61.7 Å². The van der Waals surface area contributed by atoms with Crippen LogP contribution < -0.4 is 14.8 Å². The lowest BCUT2D eigenvalue weighted by Crippen LogP contribution is -2.22. The summed E-state index contributed by atoms with van der Waals surface area (Å²) in [4.78, 5) is 8.98. The number of fused-ring (bicyclic) bond motifs is 2. The third-order valence-electron chi connectivity index (χ3n) is 5.47. The van der Waals surface area contributed by atoms with Crippen LogP contribution in [0.5, 0.6) is 0 Å². The number of benzene rings is 2. The molecule has 0 unspecified atom stereocenters. The van der Waals surface area contributed by atoms with Crippen molar-refractivity contribution in [1.82, 2.24) is 9.56 Å². The van der Waals surface area contributed by atoms with E-state index in [1.54, 1.807) is 0 Å². The first-order chi connectivity index (χ1) is 12.6. The summed E-state index contributed by atoms with van der Waals surface area (Å²) in [6.07, 6.45) is 4.66. The number of aromatic nitrogens is 1. The Kier molecular flexibility index (Phi) is 4.70. The molecule has 136 valence electrons. The van der Waals surface area contributed by atoms with Crippen LogP contribution in [0.15, 0.2) is 24.3 Å². The SMILES string of the molecule is CCc1cc(=[N+](C)C)cc2sc3cc(N4CCCC4)cc(CC)c3nc1-2. The smallest absolute Gasteiger partial charge is 0.201 e. The van der Waals surface area contributed by atoms with Crippen LogP contribution in [0.3, 0.4) is 0 Å². The number of hydrogen-bond acceptors (Lipinski definition) is 3. The second-order valence-electron chi connectivity index (χ2n) is 7.41. The van der Waals surface area contributed by atoms with E-state index < -0.39 is 0 Å². The molecule has 1 aromatic rings. The van der Waals surface area contributed by atoms with Gasteiger partial charge in [-0.25, -0.2) is 9.56 Å². The highest BCUT2D eigenvalue weighted by atomic mass is 32.1. The quantitative estimate of drug-likeness (QED) is 0.512. The Morgan fingerprint density at radius 2 is 1.73 bits per heavy atom. The van der Waals surface area contributed by atoms with Gasteiger partial charge in [-0.05, 0) is 48.9 Å². The Balaban J connectivity index is 2.01. The molecule has 0 N–H and O–H groups in total. The molecule has 1 saturated heterocycles. The summed E-state index contributed by atoms with van der Waals surface area (Å²) < 4.78 is 3.50. The number of rotatable bonds is 3. The maximum atomic E-state index is 5.16. The maximum absolute atomic E-state index is 5.16. The first-order valence-electron chi connectivity index (χ1n) is 9.76. The van der Waals surface area contributed by atoms with Crippen molar-refractivity contribution in [3.8, 4) is 10.6 Å². The topological polar surface area (TPSA) is 19.1 Å². The van der Waals surface area contributed by atoms with Gasteiger partial charge in [-0.2, -0.15) is 0 Å². The lowest BCUT2D eigenvalue weighted by Gasteiger charge is -2.20. The highest BCUT2D eigenvalue weighted by Gasteiger charge is 2.18. The summed E-state index contributed by atoms with van der Waals surface area (Å²) in [6, 6.07) is 9.32. The predicted octanol–water partition coefficient (Wildman–Crippen LogP) is 4.16. The number of nitrogens with zero attached hydrogens (tertiary/aromatic N) is 3. The van der Waals surface area contributed by atoms with E-state index in [0.29, 0.717) is 0 Å². The molecular formula is C22H28N3S+. The van der Waals surface area contributed by atoms with E-state index in [1.165, 1.54) is 68.9 Å². The van der Waals surface area contributed by atoms with Gasteiger partial charge >= 0.3 is 0 Å². The van der Waals surface area contributed by atoms with Crippen LogP contribution in [0.25, 0.3) is 20.8 Å². The number of hydrogen-bond donors (Lipinski definition) is 0. The van der Waals surface area contributed by atoms with Crippen molar-refractivity contribution in [2.24, 2.45) is 0 Å². The molecule has 2 aliphatic heterocycles. The Morgan fingerprint density at radius 3 is 2.38 bits per heavy atom. The molecule has 4 rings (SSSR count). The minimum atomic E-state index is 1.01. The normalized spacial score (nSPS) is 14.5. The summed E-state index contributed by atoms with van der Waals surface area (Å²) in [5.41, 5.74) is 6.47. The van der Waals surface area contributed by atoms with Gasteiger partial charge in [-0.3, -0.25) is 0 Å². The standard InChI is InChI=1S/C22H28N3S/c1-5-15-11-17(24(3)4)13-19-21(15)23-22-16(6-2)12-18(14-20(22)26-19)25-9-7-8-10-25/h11-14H,5-10H2,1-4H3/q+1. The van der Waals surface area contributed by atoms with Gasteiger partial charge in [0.2, 0.25) is 5.36 Å². The molecule has 26 heavy (non-hydrogen) atoms. The summed E-state index contributed by atoms with van der Waals surface area (Å²) in [6.45, 7) is 6.84. The van der Waals surface area contributed by atoms with E-state index >= 15 is 0 Å². The molecule has 3 nitrogen and oxygen atoms in total. The number of anilines is 1. The zero-order valence-electron chi connectivity index (χ0n) is 16.3. The summed E-state index contributed by atoms with van der Waals surface area (Å²) >= 11 is 1.90. The van der Waals surface area contributed by atoms with Crippen molar-refractivity contribution >= 4 is 27.2 Å². The predicted molar refractivity (Wildman–Crippen MR) is 114 cm³/mol. The van der Waals surface area contributed by atoms with E-state index in [-0.39, 0.29) is 0 Å². The van der Waals surface area contributed by atoms with Gasteiger partial charge in [-0.1, -0.05) is 13.8 Å². The fourth-order valence-corrected chi connectivity index (χ4v) is 5.04. The second kappa shape index (κ2) is 6.99. The molecule has 0 radical (unpaired) electrons. The van der Waals surface area contributed by atoms with Crippen molar-refractivity contribution in [3.63, 3.8) is 0 Å². The van der Waals surface area contributed by atoms with E-state index in [9.17, 15) is 0 Å². The Labute approximate surface area is 160 Å². The maximum Gasteiger partial charge on any atom is 0.201 e. The summed E-state index contributed by atoms with van der Waals surface area (Å²) in [5.74, 6) is 0. The van der Waals surface area contributed by atoms with Gasteiger partial charge in [0.1, 0.15) is 14.1 Å². The fraction of sp³-hybridized carbons (Fsp3) is 0.455. The minimum absolute atomic E-state index is 1.01. The first-order valence-corrected chi connectivity index (χ1v) is 10.6. The van der Waals surface area contributed by atoms with E-state index in [4.69, 9.17) is 4.98 Å². The second-order valence-corrected chi connectivity index (χ2v) is 8.50. The van der Waals surface area contributed by atoms with Crippen molar-refractivity contribution < 1.29 is 0 Å². The average Bonchev–Trinajstić information content (AvgIpc) is 3.19. The zero-order valence-corrected chi connectivity index (χ0v) is 17.1. The molecule has 1 aliphatic carbocycles. The van der Waals surface area contributed by atoms with Crippen LogP contribution in [-0.4, -0.2) is 32.2 Å². The average molecular weight is 367 g/mol. The van der Waals surface area contributed by atoms with Crippen LogP contribution in [0.2, 0.25) is 0 Å². The van der Waals surface area contributed by atoms with Crippen molar-refractivity contribution in [1.29, 1.82) is 0 Å². The third kappa shape index (κ3) is 3.01. The van der Waals surface area contributed by atoms with Crippen LogP contribution in [0, 0.1) is 0 Å². The van der Waals surface area contributed by atoms with Gasteiger partial charge in [0.25, 0.3) is 0 Å². The highest BCUT2D eigenvalue weighted by molar-refractivity contribution is 7.21. The van der Waals surface area contributed by atoms with Gasteiger partial charge in [0.15, 0.2) is 0 Å². The molecule has 1 aromatic carbocycles. The Hall–Kier alpha value is -1.94. The van der Waals surface area contributed by atoms with Crippen molar-refractivity contribution in [2.75, 3.05) is 32.1 Å². The van der Waals surface area contributed by atoms with Crippen LogP contribution in [0.4, 0.5) is 5.69 Å². The zero-order chi connectivity index (χ0) is 18.3. The molecule has 3 aliphatic rings. The lowest BCUT2D eigenvalue weighted by molar-refractivity contribution is 0.811. The van der Waals surface area contributed by atoms with Crippen LogP contribution >= 0.6 is 11.3 Å². The molecule has 0 atom stereocenters. The van der Waals surface area contributed by atoms with Crippen molar-refractivity contribution in [3.05, 3.63) is 40.7 Å². The molecule has 0 amide bonds.